The van der Waals surface area contributed by atoms with E-state index in [1.54, 1.807) is 0 Å². The lowest BCUT2D eigenvalue weighted by Crippen LogP contribution is -2.56. The summed E-state index contributed by atoms with van der Waals surface area (Å²) in [6, 6.07) is 10.2. The Balaban J connectivity index is 0.00000312. The Morgan fingerprint density at radius 3 is 2.19 bits per heavy atom. The van der Waals surface area contributed by atoms with Gasteiger partial charge in [-0.25, -0.2) is 0 Å². The second-order valence-corrected chi connectivity index (χ2v) is 8.33. The number of halogens is 2. The number of nitrogens with one attached hydrogen (secondary N) is 2. The van der Waals surface area contributed by atoms with Crippen LogP contribution in [0.15, 0.2) is 30.3 Å². The van der Waals surface area contributed by atoms with Gasteiger partial charge in [-0.3, -0.25) is 4.79 Å². The van der Waals surface area contributed by atoms with Crippen LogP contribution in [0.5, 0.6) is 0 Å². The van der Waals surface area contributed by atoms with E-state index >= 15 is 0 Å². The first-order valence-corrected chi connectivity index (χ1v) is 9.09. The monoisotopic (exact) mass is 403 g/mol. The van der Waals surface area contributed by atoms with Gasteiger partial charge in [0.1, 0.15) is 0 Å². The molecule has 4 N–H and O–H groups in total. The Labute approximate surface area is 170 Å². The largest absolute Gasteiger partial charge is 0.353 e. The fraction of sp³-hybridized carbons (Fsp3) is 0.650. The maximum absolute atomic E-state index is 12.4. The molecule has 4 nitrogen and oxygen atoms in total. The molecule has 1 aromatic rings. The first-order valence-electron chi connectivity index (χ1n) is 9.09. The van der Waals surface area contributed by atoms with Crippen molar-refractivity contribution in [2.24, 2.45) is 11.1 Å². The van der Waals surface area contributed by atoms with Crippen LogP contribution in [0.1, 0.15) is 65.0 Å². The number of carbonyl (C=O) groups is 1. The number of hydrogen-bond acceptors (Lipinski definition) is 3. The minimum atomic E-state index is -0.484. The maximum Gasteiger partial charge on any atom is 0.237 e. The predicted octanol–water partition coefficient (Wildman–Crippen LogP) is 3.98. The quantitative estimate of drug-likeness (QED) is 0.672. The van der Waals surface area contributed by atoms with E-state index in [1.165, 1.54) is 18.4 Å². The summed E-state index contributed by atoms with van der Waals surface area (Å²) in [7, 11) is 0. The van der Waals surface area contributed by atoms with E-state index in [0.29, 0.717) is 6.54 Å². The first-order chi connectivity index (χ1) is 11.2. The number of rotatable bonds is 6. The Morgan fingerprint density at radius 2 is 1.69 bits per heavy atom. The zero-order valence-corrected chi connectivity index (χ0v) is 18.0. The molecular formula is C20H35Cl2N3O. The van der Waals surface area contributed by atoms with Gasteiger partial charge in [0, 0.05) is 18.1 Å². The number of carbonyl (C=O) groups excluding carboxylic acids is 1. The van der Waals surface area contributed by atoms with Crippen LogP contribution in [0.25, 0.3) is 0 Å². The molecule has 0 aliphatic heterocycles. The molecule has 150 valence electrons. The zero-order valence-electron chi connectivity index (χ0n) is 16.4. The Hall–Kier alpha value is -0.810. The Kier molecular flexibility index (Phi) is 10.2. The molecule has 2 atom stereocenters. The van der Waals surface area contributed by atoms with Gasteiger partial charge in [0.05, 0.1) is 6.04 Å². The van der Waals surface area contributed by atoms with Crippen molar-refractivity contribution in [1.82, 2.24) is 10.6 Å². The molecule has 1 amide bonds. The van der Waals surface area contributed by atoms with Crippen molar-refractivity contribution in [2.75, 3.05) is 6.54 Å². The number of amides is 1. The lowest BCUT2D eigenvalue weighted by atomic mass is 9.86. The highest BCUT2D eigenvalue weighted by Crippen LogP contribution is 2.32. The van der Waals surface area contributed by atoms with Crippen LogP contribution < -0.4 is 16.4 Å². The fourth-order valence-electron chi connectivity index (χ4n) is 3.47. The molecule has 26 heavy (non-hydrogen) atoms. The third kappa shape index (κ3) is 6.73. The van der Waals surface area contributed by atoms with Crippen LogP contribution >= 0.6 is 24.8 Å². The second kappa shape index (κ2) is 10.5. The van der Waals surface area contributed by atoms with Gasteiger partial charge in [0.15, 0.2) is 0 Å². The fourth-order valence-corrected chi connectivity index (χ4v) is 3.47. The van der Waals surface area contributed by atoms with Crippen molar-refractivity contribution >= 4 is 30.7 Å². The van der Waals surface area contributed by atoms with Gasteiger partial charge in [-0.05, 0) is 30.7 Å². The molecule has 0 spiro atoms. The van der Waals surface area contributed by atoms with E-state index in [9.17, 15) is 4.79 Å². The van der Waals surface area contributed by atoms with Crippen LogP contribution in [0.4, 0.5) is 0 Å². The molecule has 1 aromatic carbocycles. The lowest BCUT2D eigenvalue weighted by Gasteiger charge is -2.35. The topological polar surface area (TPSA) is 67.1 Å². The standard InChI is InChI=1S/C20H33N3O.2ClH/c1-15(16-10-6-5-7-11-16)23-20(12-8-9-13-20)14-22-18(24)17(21)19(2,3)4;;/h5-7,10-11,15,17,23H,8-9,12-14,21H2,1-4H3,(H,22,24);2*1H/t15?,17-;;/m1../s1. The summed E-state index contributed by atoms with van der Waals surface area (Å²) in [5, 5.41) is 6.89. The third-order valence-corrected chi connectivity index (χ3v) is 5.20. The van der Waals surface area contributed by atoms with Crippen LogP contribution in [-0.4, -0.2) is 24.0 Å². The van der Waals surface area contributed by atoms with Crippen molar-refractivity contribution < 1.29 is 4.79 Å². The minimum Gasteiger partial charge on any atom is -0.353 e. The number of nitrogens with two attached hydrogens (primary N) is 1. The van der Waals surface area contributed by atoms with Crippen molar-refractivity contribution in [3.63, 3.8) is 0 Å². The molecule has 1 aliphatic carbocycles. The van der Waals surface area contributed by atoms with Gasteiger partial charge in [0.25, 0.3) is 0 Å². The maximum atomic E-state index is 12.4. The second-order valence-electron chi connectivity index (χ2n) is 8.33. The smallest absolute Gasteiger partial charge is 0.237 e. The molecule has 1 fully saturated rings. The lowest BCUT2D eigenvalue weighted by molar-refractivity contribution is -0.124. The molecular weight excluding hydrogens is 369 g/mol. The summed E-state index contributed by atoms with van der Waals surface area (Å²) < 4.78 is 0. The highest BCUT2D eigenvalue weighted by atomic mass is 35.5. The molecule has 1 saturated carbocycles. The summed E-state index contributed by atoms with van der Waals surface area (Å²) in [6.07, 6.45) is 4.59. The van der Waals surface area contributed by atoms with Crippen LogP contribution in [0.2, 0.25) is 0 Å². The van der Waals surface area contributed by atoms with Gasteiger partial charge in [-0.15, -0.1) is 24.8 Å². The highest BCUT2D eigenvalue weighted by Gasteiger charge is 2.36. The van der Waals surface area contributed by atoms with Gasteiger partial charge >= 0.3 is 0 Å². The third-order valence-electron chi connectivity index (χ3n) is 5.20. The average Bonchev–Trinajstić information content (AvgIpc) is 3.00. The molecule has 6 heteroatoms. The van der Waals surface area contributed by atoms with Gasteiger partial charge < -0.3 is 16.4 Å². The van der Waals surface area contributed by atoms with E-state index in [2.05, 4.69) is 41.8 Å². The molecule has 1 aliphatic rings. The predicted molar refractivity (Wildman–Crippen MR) is 114 cm³/mol. The van der Waals surface area contributed by atoms with Crippen LogP contribution in [0, 0.1) is 5.41 Å². The van der Waals surface area contributed by atoms with Crippen LogP contribution in [0.3, 0.4) is 0 Å². The summed E-state index contributed by atoms with van der Waals surface area (Å²) >= 11 is 0. The van der Waals surface area contributed by atoms with Crippen LogP contribution in [-0.2, 0) is 4.79 Å². The molecule has 0 aromatic heterocycles. The molecule has 1 unspecified atom stereocenters. The van der Waals surface area contributed by atoms with Gasteiger partial charge in [-0.2, -0.15) is 0 Å². The molecule has 0 bridgehead atoms. The van der Waals surface area contributed by atoms with E-state index in [1.807, 2.05) is 26.8 Å². The molecule has 0 radical (unpaired) electrons. The SMILES string of the molecule is CC(NC1(CNC(=O)[C@@H](N)C(C)(C)C)CCCC1)c1ccccc1.Cl.Cl. The van der Waals surface area contributed by atoms with Crippen molar-refractivity contribution in [3.8, 4) is 0 Å². The zero-order chi connectivity index (χ0) is 17.8. The van der Waals surface area contributed by atoms with Gasteiger partial charge in [0.2, 0.25) is 5.91 Å². The molecule has 2 rings (SSSR count). The Morgan fingerprint density at radius 1 is 1.15 bits per heavy atom. The van der Waals surface area contributed by atoms with E-state index in [4.69, 9.17) is 5.73 Å². The minimum absolute atomic E-state index is 0. The summed E-state index contributed by atoms with van der Waals surface area (Å²) in [6.45, 7) is 8.83. The normalized spacial score (nSPS) is 18.2. The first kappa shape index (κ1) is 25.2. The highest BCUT2D eigenvalue weighted by molar-refractivity contribution is 5.85. The molecule has 0 heterocycles. The number of benzene rings is 1. The summed E-state index contributed by atoms with van der Waals surface area (Å²) in [4.78, 5) is 12.4. The summed E-state index contributed by atoms with van der Waals surface area (Å²) in [5.41, 5.74) is 7.11. The number of hydrogen-bond donors (Lipinski definition) is 3. The van der Waals surface area contributed by atoms with E-state index in [0.717, 1.165) is 12.8 Å². The van der Waals surface area contributed by atoms with Crippen molar-refractivity contribution in [2.45, 2.75) is 71.0 Å². The Bertz CT molecular complexity index is 540. The van der Waals surface area contributed by atoms with E-state index < -0.39 is 6.04 Å². The van der Waals surface area contributed by atoms with Crippen molar-refractivity contribution in [1.29, 1.82) is 0 Å². The van der Waals surface area contributed by atoms with Gasteiger partial charge in [-0.1, -0.05) is 63.9 Å². The average molecular weight is 404 g/mol. The summed E-state index contributed by atoms with van der Waals surface area (Å²) in [5.74, 6) is -0.0528. The molecule has 0 saturated heterocycles. The van der Waals surface area contributed by atoms with Crippen molar-refractivity contribution in [3.05, 3.63) is 35.9 Å². The van der Waals surface area contributed by atoms with E-state index in [-0.39, 0.29) is 47.7 Å².